The van der Waals surface area contributed by atoms with Crippen LogP contribution in [-0.4, -0.2) is 80.6 Å². The highest BCUT2D eigenvalue weighted by molar-refractivity contribution is 5.95. The van der Waals surface area contributed by atoms with E-state index in [1.54, 1.807) is 20.8 Å². The quantitative estimate of drug-likeness (QED) is 0.160. The zero-order valence-electron chi connectivity index (χ0n) is 25.5. The summed E-state index contributed by atoms with van der Waals surface area (Å²) >= 11 is 0. The van der Waals surface area contributed by atoms with E-state index in [4.69, 9.17) is 18.9 Å². The number of ketones is 1. The third-order valence-electron chi connectivity index (χ3n) is 6.33. The molecule has 1 aromatic rings. The highest BCUT2D eigenvalue weighted by Crippen LogP contribution is 2.17. The van der Waals surface area contributed by atoms with Crippen molar-refractivity contribution in [1.82, 2.24) is 16.0 Å². The molecule has 1 rings (SSSR count). The number of benzene rings is 1. The van der Waals surface area contributed by atoms with Crippen molar-refractivity contribution in [3.8, 4) is 0 Å². The maximum absolute atomic E-state index is 13.6. The standard InChI is InChI=1S/C30H51N3O7/c1-8-23(3)33-25(21-26(34)39-22-24-13-11-10-12-14-24)27(35)30(7,9-2)32-16-18-38-20-19-37-17-15-31-28(36)40-29(4,5)6/h10-14,23,25,32-33H,8-9,15-22H2,1-7H3,(H,31,36). The van der Waals surface area contributed by atoms with Crippen molar-refractivity contribution in [2.45, 2.75) is 97.6 Å². The van der Waals surface area contributed by atoms with Crippen LogP contribution in [0.1, 0.15) is 73.3 Å². The van der Waals surface area contributed by atoms with E-state index in [0.717, 1.165) is 12.0 Å². The number of esters is 1. The number of hydrogen-bond acceptors (Lipinski definition) is 9. The monoisotopic (exact) mass is 565 g/mol. The molecule has 0 fully saturated rings. The molecule has 3 N–H and O–H groups in total. The predicted octanol–water partition coefficient (Wildman–Crippen LogP) is 3.76. The van der Waals surface area contributed by atoms with Gasteiger partial charge in [-0.1, -0.05) is 44.2 Å². The smallest absolute Gasteiger partial charge is 0.407 e. The molecule has 0 aliphatic rings. The molecule has 0 heterocycles. The lowest BCUT2D eigenvalue weighted by atomic mass is 9.87. The molecule has 3 atom stereocenters. The second-order valence-electron chi connectivity index (χ2n) is 11.0. The molecule has 10 heteroatoms. The van der Waals surface area contributed by atoms with Gasteiger partial charge < -0.3 is 34.9 Å². The fourth-order valence-electron chi connectivity index (χ4n) is 3.68. The normalized spacial score (nSPS) is 14.6. The summed E-state index contributed by atoms with van der Waals surface area (Å²) in [7, 11) is 0. The molecule has 3 unspecified atom stereocenters. The Morgan fingerprint density at radius 3 is 2.10 bits per heavy atom. The summed E-state index contributed by atoms with van der Waals surface area (Å²) in [5.41, 5.74) is -0.472. The third kappa shape index (κ3) is 15.3. The van der Waals surface area contributed by atoms with Crippen molar-refractivity contribution < 1.29 is 33.3 Å². The zero-order valence-corrected chi connectivity index (χ0v) is 25.5. The van der Waals surface area contributed by atoms with Crippen molar-refractivity contribution in [2.24, 2.45) is 0 Å². The van der Waals surface area contributed by atoms with Gasteiger partial charge in [0.05, 0.1) is 44.4 Å². The molecule has 0 saturated carbocycles. The van der Waals surface area contributed by atoms with E-state index in [0.29, 0.717) is 45.9 Å². The number of alkyl carbamates (subject to hydrolysis) is 1. The topological polar surface area (TPSA) is 124 Å². The Labute approximate surface area is 240 Å². The zero-order chi connectivity index (χ0) is 30.0. The fraction of sp³-hybridized carbons (Fsp3) is 0.700. The Balaban J connectivity index is 2.44. The molecule has 228 valence electrons. The minimum Gasteiger partial charge on any atom is -0.461 e. The van der Waals surface area contributed by atoms with E-state index in [1.807, 2.05) is 58.0 Å². The molecule has 0 aromatic heterocycles. The van der Waals surface area contributed by atoms with Gasteiger partial charge in [0.15, 0.2) is 5.78 Å². The number of carbonyl (C=O) groups is 3. The van der Waals surface area contributed by atoms with Gasteiger partial charge in [-0.2, -0.15) is 0 Å². The van der Waals surface area contributed by atoms with E-state index in [1.165, 1.54) is 0 Å². The van der Waals surface area contributed by atoms with Crippen LogP contribution < -0.4 is 16.0 Å². The Bertz CT molecular complexity index is 876. The second kappa shape index (κ2) is 18.7. The third-order valence-corrected chi connectivity index (χ3v) is 6.33. The highest BCUT2D eigenvalue weighted by Gasteiger charge is 2.37. The lowest BCUT2D eigenvalue weighted by Crippen LogP contribution is -2.58. The van der Waals surface area contributed by atoms with Crippen LogP contribution in [0.3, 0.4) is 0 Å². The van der Waals surface area contributed by atoms with Crippen LogP contribution in [0.25, 0.3) is 0 Å². The molecule has 0 spiro atoms. The molecule has 0 bridgehead atoms. The first-order valence-electron chi connectivity index (χ1n) is 14.3. The number of nitrogens with one attached hydrogen (secondary N) is 3. The minimum absolute atomic E-state index is 0.0378. The van der Waals surface area contributed by atoms with Gasteiger partial charge in [-0.25, -0.2) is 4.79 Å². The van der Waals surface area contributed by atoms with E-state index in [9.17, 15) is 14.4 Å². The summed E-state index contributed by atoms with van der Waals surface area (Å²) in [6.45, 7) is 15.7. The summed E-state index contributed by atoms with van der Waals surface area (Å²) in [6, 6.07) is 8.87. The molecular formula is C30H51N3O7. The molecule has 0 aliphatic heterocycles. The van der Waals surface area contributed by atoms with Gasteiger partial charge in [0, 0.05) is 19.1 Å². The first kappa shape index (κ1) is 35.5. The predicted molar refractivity (Wildman–Crippen MR) is 155 cm³/mol. The van der Waals surface area contributed by atoms with Crippen LogP contribution in [0.2, 0.25) is 0 Å². The molecule has 10 nitrogen and oxygen atoms in total. The number of rotatable bonds is 20. The molecular weight excluding hydrogens is 514 g/mol. The van der Waals surface area contributed by atoms with Crippen molar-refractivity contribution in [3.05, 3.63) is 35.9 Å². The minimum atomic E-state index is -0.835. The second-order valence-corrected chi connectivity index (χ2v) is 11.0. The van der Waals surface area contributed by atoms with Gasteiger partial charge >= 0.3 is 12.1 Å². The van der Waals surface area contributed by atoms with E-state index in [-0.39, 0.29) is 24.9 Å². The largest absolute Gasteiger partial charge is 0.461 e. The Morgan fingerprint density at radius 1 is 0.900 bits per heavy atom. The first-order valence-corrected chi connectivity index (χ1v) is 14.3. The Morgan fingerprint density at radius 2 is 1.52 bits per heavy atom. The fourth-order valence-corrected chi connectivity index (χ4v) is 3.68. The SMILES string of the molecule is CCC(C)NC(CC(=O)OCc1ccccc1)C(=O)C(C)(CC)NCCOCCOCCNC(=O)OC(C)(C)C. The number of hydrogen-bond donors (Lipinski definition) is 3. The number of ether oxygens (including phenoxy) is 4. The van der Waals surface area contributed by atoms with Crippen LogP contribution in [0.5, 0.6) is 0 Å². The van der Waals surface area contributed by atoms with E-state index < -0.39 is 29.2 Å². The lowest BCUT2D eigenvalue weighted by molar-refractivity contribution is -0.147. The van der Waals surface area contributed by atoms with Crippen molar-refractivity contribution in [1.29, 1.82) is 0 Å². The van der Waals surface area contributed by atoms with Gasteiger partial charge in [0.25, 0.3) is 0 Å². The van der Waals surface area contributed by atoms with Crippen LogP contribution >= 0.6 is 0 Å². The van der Waals surface area contributed by atoms with E-state index >= 15 is 0 Å². The van der Waals surface area contributed by atoms with Gasteiger partial charge in [-0.05, 0) is 53.0 Å². The molecule has 0 aliphatic carbocycles. The summed E-state index contributed by atoms with van der Waals surface area (Å²) in [4.78, 5) is 37.8. The van der Waals surface area contributed by atoms with Crippen LogP contribution in [-0.2, 0) is 35.1 Å². The maximum atomic E-state index is 13.6. The first-order chi connectivity index (χ1) is 18.9. The Hall–Kier alpha value is -2.53. The summed E-state index contributed by atoms with van der Waals surface area (Å²) in [5.74, 6) is -0.492. The average Bonchev–Trinajstić information content (AvgIpc) is 2.91. The maximum Gasteiger partial charge on any atom is 0.407 e. The highest BCUT2D eigenvalue weighted by atomic mass is 16.6. The van der Waals surface area contributed by atoms with Crippen molar-refractivity contribution in [3.63, 3.8) is 0 Å². The molecule has 1 aromatic carbocycles. The number of Topliss-reactive ketones (excluding diaryl/α,β-unsaturated/α-hetero) is 1. The number of amides is 1. The van der Waals surface area contributed by atoms with Crippen molar-refractivity contribution in [2.75, 3.05) is 39.5 Å². The van der Waals surface area contributed by atoms with Gasteiger partial charge in [0.1, 0.15) is 12.2 Å². The molecule has 0 saturated heterocycles. The number of carbonyl (C=O) groups excluding carboxylic acids is 3. The van der Waals surface area contributed by atoms with Crippen LogP contribution in [0.15, 0.2) is 30.3 Å². The molecule has 40 heavy (non-hydrogen) atoms. The average molecular weight is 566 g/mol. The van der Waals surface area contributed by atoms with Crippen LogP contribution in [0, 0.1) is 0 Å². The van der Waals surface area contributed by atoms with Gasteiger partial charge in [0.2, 0.25) is 0 Å². The van der Waals surface area contributed by atoms with Gasteiger partial charge in [-0.15, -0.1) is 0 Å². The summed E-state index contributed by atoms with van der Waals surface area (Å²) in [5, 5.41) is 9.27. The molecule has 0 radical (unpaired) electrons. The Kier molecular flexibility index (Phi) is 16.6. The van der Waals surface area contributed by atoms with E-state index in [2.05, 4.69) is 16.0 Å². The van der Waals surface area contributed by atoms with Crippen LogP contribution in [0.4, 0.5) is 4.79 Å². The van der Waals surface area contributed by atoms with Gasteiger partial charge in [-0.3, -0.25) is 9.59 Å². The lowest BCUT2D eigenvalue weighted by Gasteiger charge is -2.33. The summed E-state index contributed by atoms with van der Waals surface area (Å²) < 4.78 is 21.7. The molecule has 1 amide bonds. The van der Waals surface area contributed by atoms with Crippen molar-refractivity contribution >= 4 is 17.8 Å². The summed E-state index contributed by atoms with van der Waals surface area (Å²) in [6.07, 6.45) is 0.866.